The van der Waals surface area contributed by atoms with Crippen LogP contribution in [0.3, 0.4) is 0 Å². The normalized spacial score (nSPS) is 22.2. The monoisotopic (exact) mass is 488 g/mol. The number of carbonyl (C=O) groups is 3. The highest BCUT2D eigenvalue weighted by Gasteiger charge is 2.39. The summed E-state index contributed by atoms with van der Waals surface area (Å²) in [6, 6.07) is 11.4. The summed E-state index contributed by atoms with van der Waals surface area (Å²) in [7, 11) is 0. The van der Waals surface area contributed by atoms with E-state index in [9.17, 15) is 18.8 Å². The number of likely N-dealkylation sites (tertiary alicyclic amines) is 1. The second-order valence-corrected chi connectivity index (χ2v) is 9.66. The number of pyridine rings is 1. The molecule has 184 valence electrons. The first-order valence-electron chi connectivity index (χ1n) is 12.1. The van der Waals surface area contributed by atoms with Crippen LogP contribution in [0, 0.1) is 5.82 Å². The lowest BCUT2D eigenvalue weighted by Gasteiger charge is -2.29. The number of halogens is 1. The summed E-state index contributed by atoms with van der Waals surface area (Å²) in [5, 5.41) is 3.11. The fourth-order valence-corrected chi connectivity index (χ4v) is 5.35. The molecule has 9 heteroatoms. The Balaban J connectivity index is 1.08. The van der Waals surface area contributed by atoms with Crippen molar-refractivity contribution in [1.29, 1.82) is 0 Å². The third-order valence-corrected chi connectivity index (χ3v) is 7.13. The van der Waals surface area contributed by atoms with Crippen LogP contribution in [-0.4, -0.2) is 57.7 Å². The number of benzene rings is 2. The van der Waals surface area contributed by atoms with E-state index in [1.165, 1.54) is 17.0 Å². The molecule has 3 amide bonds. The van der Waals surface area contributed by atoms with Gasteiger partial charge in [0.1, 0.15) is 23.7 Å². The molecule has 1 unspecified atom stereocenters. The molecular weight excluding hydrogens is 463 g/mol. The average molecular weight is 489 g/mol. The van der Waals surface area contributed by atoms with Crippen molar-refractivity contribution >= 4 is 28.6 Å². The maximum Gasteiger partial charge on any atom is 0.255 e. The zero-order chi connectivity index (χ0) is 24.8. The van der Waals surface area contributed by atoms with E-state index >= 15 is 0 Å². The number of fused-ring (bicyclic) bond motifs is 2. The van der Waals surface area contributed by atoms with Crippen LogP contribution in [0.1, 0.15) is 40.7 Å². The Bertz CT molecular complexity index is 1390. The van der Waals surface area contributed by atoms with Gasteiger partial charge in [-0.1, -0.05) is 0 Å². The van der Waals surface area contributed by atoms with Gasteiger partial charge in [-0.25, -0.2) is 4.39 Å². The maximum atomic E-state index is 13.6. The minimum atomic E-state index is -0.628. The number of piperidine rings is 1. The van der Waals surface area contributed by atoms with Gasteiger partial charge in [0.05, 0.1) is 5.52 Å². The first kappa shape index (κ1) is 22.6. The fourth-order valence-electron chi connectivity index (χ4n) is 5.35. The van der Waals surface area contributed by atoms with E-state index in [1.807, 2.05) is 18.3 Å². The summed E-state index contributed by atoms with van der Waals surface area (Å²) in [4.78, 5) is 44.9. The molecule has 8 nitrogen and oxygen atoms in total. The molecule has 2 aromatic carbocycles. The number of hydrogen-bond acceptors (Lipinski definition) is 6. The average Bonchev–Trinajstić information content (AvgIpc) is 3.42. The second kappa shape index (κ2) is 8.98. The van der Waals surface area contributed by atoms with Gasteiger partial charge in [0.2, 0.25) is 11.8 Å². The van der Waals surface area contributed by atoms with Crippen molar-refractivity contribution in [3.63, 3.8) is 0 Å². The van der Waals surface area contributed by atoms with Gasteiger partial charge in [-0.05, 0) is 66.4 Å². The molecule has 3 aliphatic heterocycles. The highest BCUT2D eigenvalue weighted by atomic mass is 19.1. The lowest BCUT2D eigenvalue weighted by atomic mass is 10.0. The molecular formula is C27H25FN4O4. The number of hydrogen-bond donors (Lipinski definition) is 1. The maximum absolute atomic E-state index is 13.6. The Morgan fingerprint density at radius 2 is 1.97 bits per heavy atom. The Hall–Kier alpha value is -3.85. The molecule has 3 aromatic rings. The molecule has 36 heavy (non-hydrogen) atoms. The summed E-state index contributed by atoms with van der Waals surface area (Å²) in [6.45, 7) is 2.65. The first-order chi connectivity index (χ1) is 17.4. The van der Waals surface area contributed by atoms with Gasteiger partial charge in [0.15, 0.2) is 0 Å². The molecule has 1 N–H and O–H groups in total. The molecule has 0 radical (unpaired) electrons. The van der Waals surface area contributed by atoms with Crippen molar-refractivity contribution in [3.8, 4) is 5.75 Å². The van der Waals surface area contributed by atoms with Gasteiger partial charge < -0.3 is 9.64 Å². The van der Waals surface area contributed by atoms with E-state index in [-0.39, 0.29) is 30.2 Å². The van der Waals surface area contributed by atoms with Crippen LogP contribution in [0.15, 0.2) is 48.7 Å². The number of ether oxygens (including phenoxy) is 1. The first-order valence-corrected chi connectivity index (χ1v) is 12.1. The molecule has 3 aliphatic rings. The van der Waals surface area contributed by atoms with E-state index < -0.39 is 11.9 Å². The van der Waals surface area contributed by atoms with Crippen molar-refractivity contribution in [2.24, 2.45) is 0 Å². The minimum Gasteiger partial charge on any atom is -0.489 e. The largest absolute Gasteiger partial charge is 0.489 e. The van der Waals surface area contributed by atoms with Crippen molar-refractivity contribution in [1.82, 2.24) is 20.1 Å². The number of imide groups is 1. The molecule has 0 spiro atoms. The second-order valence-electron chi connectivity index (χ2n) is 9.66. The number of nitrogens with zero attached hydrogens (tertiary/aromatic N) is 3. The number of rotatable bonds is 5. The molecule has 0 bridgehead atoms. The molecule has 4 heterocycles. The number of nitrogens with one attached hydrogen (secondary N) is 1. The number of aromatic nitrogens is 1. The molecule has 6 rings (SSSR count). The zero-order valence-electron chi connectivity index (χ0n) is 19.6. The van der Waals surface area contributed by atoms with Gasteiger partial charge in [-0.3, -0.25) is 29.6 Å². The SMILES string of the molecule is O=C1CCC(N2Cc3cc(O[C@H]4CCN(Cc5cnc6ccc(F)cc6c5)C4)ccc3C2=O)C(=O)N1. The molecule has 0 saturated carbocycles. The van der Waals surface area contributed by atoms with Crippen LogP contribution >= 0.6 is 0 Å². The molecule has 2 fully saturated rings. The Morgan fingerprint density at radius 1 is 1.08 bits per heavy atom. The summed E-state index contributed by atoms with van der Waals surface area (Å²) in [5.74, 6) is -0.482. The Morgan fingerprint density at radius 3 is 2.83 bits per heavy atom. The van der Waals surface area contributed by atoms with E-state index in [1.54, 1.807) is 18.2 Å². The van der Waals surface area contributed by atoms with E-state index in [4.69, 9.17) is 4.74 Å². The van der Waals surface area contributed by atoms with Crippen LogP contribution in [0.25, 0.3) is 10.9 Å². The van der Waals surface area contributed by atoms with Crippen molar-refractivity contribution in [2.75, 3.05) is 13.1 Å². The summed E-state index contributed by atoms with van der Waals surface area (Å²) >= 11 is 0. The van der Waals surface area contributed by atoms with Crippen LogP contribution < -0.4 is 10.1 Å². The van der Waals surface area contributed by atoms with Crippen molar-refractivity contribution in [3.05, 3.63) is 71.2 Å². The van der Waals surface area contributed by atoms with Crippen LogP contribution in [0.2, 0.25) is 0 Å². The van der Waals surface area contributed by atoms with Crippen LogP contribution in [-0.2, 0) is 22.7 Å². The topological polar surface area (TPSA) is 91.8 Å². The smallest absolute Gasteiger partial charge is 0.255 e. The van der Waals surface area contributed by atoms with E-state index in [0.717, 1.165) is 41.5 Å². The molecule has 1 aromatic heterocycles. The predicted octanol–water partition coefficient (Wildman–Crippen LogP) is 2.79. The van der Waals surface area contributed by atoms with Crippen LogP contribution in [0.5, 0.6) is 5.75 Å². The van der Waals surface area contributed by atoms with Gasteiger partial charge in [-0.2, -0.15) is 0 Å². The van der Waals surface area contributed by atoms with Gasteiger partial charge >= 0.3 is 0 Å². The standard InChI is InChI=1S/C27H25FN4O4/c28-19-1-4-23-17(10-19)9-16(12-29-23)13-31-8-7-21(15-31)36-20-2-3-22-18(11-20)14-32(27(22)35)24-5-6-25(33)30-26(24)34/h1-4,9-12,21,24H,5-8,13-15H2,(H,30,33,34)/t21-,24?/m0/s1. The number of carbonyl (C=O) groups excluding carboxylic acids is 3. The summed E-state index contributed by atoms with van der Waals surface area (Å²) in [6.07, 6.45) is 3.29. The van der Waals surface area contributed by atoms with E-state index in [2.05, 4.69) is 15.2 Å². The molecule has 2 atom stereocenters. The quantitative estimate of drug-likeness (QED) is 0.556. The lowest BCUT2D eigenvalue weighted by Crippen LogP contribution is -2.52. The van der Waals surface area contributed by atoms with Gasteiger partial charge in [0.25, 0.3) is 5.91 Å². The van der Waals surface area contributed by atoms with Crippen molar-refractivity contribution < 1.29 is 23.5 Å². The zero-order valence-corrected chi connectivity index (χ0v) is 19.6. The van der Waals surface area contributed by atoms with Crippen LogP contribution in [0.4, 0.5) is 4.39 Å². The predicted molar refractivity (Wildman–Crippen MR) is 128 cm³/mol. The third kappa shape index (κ3) is 4.30. The highest BCUT2D eigenvalue weighted by molar-refractivity contribution is 6.05. The third-order valence-electron chi connectivity index (χ3n) is 7.13. The van der Waals surface area contributed by atoms with Gasteiger partial charge in [0, 0.05) is 49.7 Å². The Labute approximate surface area is 207 Å². The minimum absolute atomic E-state index is 0.0113. The highest BCUT2D eigenvalue weighted by Crippen LogP contribution is 2.31. The molecule has 0 aliphatic carbocycles. The van der Waals surface area contributed by atoms with E-state index in [0.29, 0.717) is 30.8 Å². The number of amides is 3. The van der Waals surface area contributed by atoms with Crippen molar-refractivity contribution in [2.45, 2.75) is 44.5 Å². The molecule has 2 saturated heterocycles. The Kier molecular flexibility index (Phi) is 5.64. The fraction of sp³-hybridized carbons (Fsp3) is 0.333. The lowest BCUT2D eigenvalue weighted by molar-refractivity contribution is -0.136. The summed E-state index contributed by atoms with van der Waals surface area (Å²) < 4.78 is 19.8. The van der Waals surface area contributed by atoms with Gasteiger partial charge in [-0.15, -0.1) is 0 Å². The summed E-state index contributed by atoms with van der Waals surface area (Å²) in [5.41, 5.74) is 3.19.